The predicted octanol–water partition coefficient (Wildman–Crippen LogP) is 5.62. The molecule has 1 fully saturated rings. The lowest BCUT2D eigenvalue weighted by Crippen LogP contribution is -2.42. The Morgan fingerprint density at radius 3 is 2.28 bits per heavy atom. The fourth-order valence-electron chi connectivity index (χ4n) is 4.39. The van der Waals surface area contributed by atoms with Crippen LogP contribution < -0.4 is 16.0 Å². The number of benzene rings is 2. The molecule has 206 valence electrons. The number of carbonyl (C=O) groups excluding carboxylic acids is 2. The van der Waals surface area contributed by atoms with E-state index in [0.29, 0.717) is 11.3 Å². The molecule has 0 heterocycles. The molecule has 0 aliphatic heterocycles. The van der Waals surface area contributed by atoms with Crippen molar-refractivity contribution in [1.29, 1.82) is 0 Å². The number of hydrogen-bond acceptors (Lipinski definition) is 5. The maximum atomic E-state index is 12.8. The molecular formula is C29H32Cl2N4O4. The lowest BCUT2D eigenvalue weighted by atomic mass is 9.85. The Hall–Kier alpha value is -3.62. The van der Waals surface area contributed by atoms with Crippen LogP contribution in [0.1, 0.15) is 48.5 Å². The zero-order valence-electron chi connectivity index (χ0n) is 21.6. The van der Waals surface area contributed by atoms with Crippen molar-refractivity contribution in [3.8, 4) is 0 Å². The van der Waals surface area contributed by atoms with Crippen LogP contribution in [0.25, 0.3) is 0 Å². The standard InChI is InChI=1S/C29H32Cl2N4O4/c1-3-4-8-25(32-2)33-20-15-11-19(12-16-20)27(36)34-21-13-9-18(10-14-21)17-24(29(38)39)35-28(37)26-22(30)6-5-7-23(26)31/h3-10,13-14,19-20,24,33H,2,11-12,15-17H2,1H3,(H,34,36)(H,35,37)(H,38,39)/b4-3-,25-8+/t19-,20+,24-/m0/s1. The van der Waals surface area contributed by atoms with E-state index in [0.717, 1.165) is 31.5 Å². The molecule has 2 amide bonds. The minimum Gasteiger partial charge on any atom is -0.480 e. The van der Waals surface area contributed by atoms with Crippen LogP contribution in [0.15, 0.2) is 71.5 Å². The van der Waals surface area contributed by atoms with E-state index in [1.54, 1.807) is 30.3 Å². The number of rotatable bonds is 11. The highest BCUT2D eigenvalue weighted by Crippen LogP contribution is 2.27. The summed E-state index contributed by atoms with van der Waals surface area (Å²) in [6.45, 7) is 5.53. The molecule has 0 radical (unpaired) electrons. The van der Waals surface area contributed by atoms with Gasteiger partial charge >= 0.3 is 5.97 Å². The number of aliphatic carboxylic acids is 1. The predicted molar refractivity (Wildman–Crippen MR) is 155 cm³/mol. The first-order valence-corrected chi connectivity index (χ1v) is 13.4. The van der Waals surface area contributed by atoms with Gasteiger partial charge in [0.1, 0.15) is 11.9 Å². The first-order chi connectivity index (χ1) is 18.7. The Labute approximate surface area is 238 Å². The maximum Gasteiger partial charge on any atom is 0.326 e. The van der Waals surface area contributed by atoms with Gasteiger partial charge in [-0.25, -0.2) is 9.79 Å². The van der Waals surface area contributed by atoms with E-state index in [9.17, 15) is 19.5 Å². The van der Waals surface area contributed by atoms with Gasteiger partial charge in [0.15, 0.2) is 0 Å². The molecule has 10 heteroatoms. The Bertz CT molecular complexity index is 1230. The number of carbonyl (C=O) groups is 3. The third-order valence-electron chi connectivity index (χ3n) is 6.52. The van der Waals surface area contributed by atoms with Crippen LogP contribution in [0.2, 0.25) is 10.0 Å². The van der Waals surface area contributed by atoms with Crippen LogP contribution in [0.4, 0.5) is 5.69 Å². The number of nitrogens with zero attached hydrogens (tertiary/aromatic N) is 1. The Balaban J connectivity index is 1.53. The van der Waals surface area contributed by atoms with E-state index < -0.39 is 17.9 Å². The highest BCUT2D eigenvalue weighted by Gasteiger charge is 2.27. The Morgan fingerprint density at radius 2 is 1.72 bits per heavy atom. The minimum atomic E-state index is -1.20. The molecule has 39 heavy (non-hydrogen) atoms. The summed E-state index contributed by atoms with van der Waals surface area (Å²) in [4.78, 5) is 41.3. The number of hydrogen-bond donors (Lipinski definition) is 4. The van der Waals surface area contributed by atoms with Crippen molar-refractivity contribution in [2.45, 2.75) is 51.1 Å². The maximum absolute atomic E-state index is 12.8. The summed E-state index contributed by atoms with van der Waals surface area (Å²) in [6.07, 6.45) is 8.94. The summed E-state index contributed by atoms with van der Waals surface area (Å²) in [7, 11) is 0. The van der Waals surface area contributed by atoms with E-state index in [-0.39, 0.29) is 39.9 Å². The van der Waals surface area contributed by atoms with Crippen molar-refractivity contribution in [2.24, 2.45) is 10.9 Å². The summed E-state index contributed by atoms with van der Waals surface area (Å²) in [5.74, 6) is -1.27. The fourth-order valence-corrected chi connectivity index (χ4v) is 4.96. The van der Waals surface area contributed by atoms with Crippen LogP contribution in [-0.4, -0.2) is 41.7 Å². The van der Waals surface area contributed by atoms with Crippen LogP contribution in [0, 0.1) is 5.92 Å². The first kappa shape index (κ1) is 29.9. The van der Waals surface area contributed by atoms with Crippen molar-refractivity contribution < 1.29 is 19.5 Å². The molecule has 1 aliphatic rings. The number of aliphatic imine (C=N–C) groups is 1. The Kier molecular flexibility index (Phi) is 11.1. The van der Waals surface area contributed by atoms with Gasteiger partial charge in [-0.2, -0.15) is 0 Å². The molecule has 0 aromatic heterocycles. The average molecular weight is 572 g/mol. The molecule has 4 N–H and O–H groups in total. The number of carboxylic acids is 1. The molecule has 0 bridgehead atoms. The number of amides is 2. The summed E-state index contributed by atoms with van der Waals surface area (Å²) >= 11 is 12.1. The van der Waals surface area contributed by atoms with E-state index in [4.69, 9.17) is 23.2 Å². The normalized spacial score (nSPS) is 18.3. The topological polar surface area (TPSA) is 120 Å². The number of allylic oxidation sites excluding steroid dienone is 3. The van der Waals surface area contributed by atoms with Gasteiger partial charge in [0.05, 0.1) is 15.6 Å². The smallest absolute Gasteiger partial charge is 0.326 e. The zero-order chi connectivity index (χ0) is 28.4. The van der Waals surface area contributed by atoms with Crippen molar-refractivity contribution in [2.75, 3.05) is 5.32 Å². The van der Waals surface area contributed by atoms with E-state index in [1.165, 1.54) is 12.1 Å². The molecule has 0 unspecified atom stereocenters. The third kappa shape index (κ3) is 8.70. The van der Waals surface area contributed by atoms with Gasteiger partial charge in [-0.05, 0) is 75.2 Å². The lowest BCUT2D eigenvalue weighted by Gasteiger charge is -2.29. The molecule has 2 aromatic rings. The van der Waals surface area contributed by atoms with Gasteiger partial charge in [-0.3, -0.25) is 9.59 Å². The van der Waals surface area contributed by atoms with Crippen LogP contribution in [0.5, 0.6) is 0 Å². The second kappa shape index (κ2) is 14.5. The van der Waals surface area contributed by atoms with Crippen LogP contribution in [-0.2, 0) is 16.0 Å². The zero-order valence-corrected chi connectivity index (χ0v) is 23.1. The van der Waals surface area contributed by atoms with Gasteiger partial charge in [0.2, 0.25) is 5.91 Å². The molecular weight excluding hydrogens is 539 g/mol. The van der Waals surface area contributed by atoms with Crippen LogP contribution >= 0.6 is 23.2 Å². The van der Waals surface area contributed by atoms with Crippen molar-refractivity contribution in [3.63, 3.8) is 0 Å². The van der Waals surface area contributed by atoms with E-state index >= 15 is 0 Å². The third-order valence-corrected chi connectivity index (χ3v) is 7.15. The SMILES string of the molecule is C=N/C(=C\C=C/C)N[C@H]1CC[C@@H](C(=O)Nc2ccc(C[C@H](NC(=O)c3c(Cl)cccc3Cl)C(=O)O)cc2)CC1. The molecule has 1 atom stereocenters. The number of anilines is 1. The van der Waals surface area contributed by atoms with E-state index in [1.807, 2.05) is 25.2 Å². The highest BCUT2D eigenvalue weighted by atomic mass is 35.5. The van der Waals surface area contributed by atoms with Gasteiger partial charge in [0, 0.05) is 24.1 Å². The second-order valence-electron chi connectivity index (χ2n) is 9.28. The molecule has 2 aromatic carbocycles. The fraction of sp³-hybridized carbons (Fsp3) is 0.310. The number of nitrogens with one attached hydrogen (secondary N) is 3. The van der Waals surface area contributed by atoms with Gasteiger partial charge in [-0.1, -0.05) is 53.6 Å². The van der Waals surface area contributed by atoms with Crippen molar-refractivity contribution >= 4 is 53.4 Å². The van der Waals surface area contributed by atoms with Crippen molar-refractivity contribution in [3.05, 3.63) is 87.7 Å². The quantitative estimate of drug-likeness (QED) is 0.206. The molecule has 0 spiro atoms. The largest absolute Gasteiger partial charge is 0.480 e. The summed E-state index contributed by atoms with van der Waals surface area (Å²) < 4.78 is 0. The monoisotopic (exact) mass is 570 g/mol. The summed E-state index contributed by atoms with van der Waals surface area (Å²) in [5, 5.41) is 18.7. The number of carboxylic acid groups (broad SMARTS) is 1. The first-order valence-electron chi connectivity index (χ1n) is 12.7. The second-order valence-corrected chi connectivity index (χ2v) is 10.1. The van der Waals surface area contributed by atoms with Crippen molar-refractivity contribution in [1.82, 2.24) is 10.6 Å². The Morgan fingerprint density at radius 1 is 1.08 bits per heavy atom. The minimum absolute atomic E-state index is 0.0258. The molecule has 1 saturated carbocycles. The molecule has 3 rings (SSSR count). The molecule has 8 nitrogen and oxygen atoms in total. The molecule has 1 aliphatic carbocycles. The van der Waals surface area contributed by atoms with Crippen LogP contribution in [0.3, 0.4) is 0 Å². The molecule has 0 saturated heterocycles. The lowest BCUT2D eigenvalue weighted by molar-refractivity contribution is -0.139. The number of halogens is 2. The van der Waals surface area contributed by atoms with E-state index in [2.05, 4.69) is 27.7 Å². The summed E-state index contributed by atoms with van der Waals surface area (Å²) in [6, 6.07) is 10.6. The van der Waals surface area contributed by atoms with Gasteiger partial charge in [0.25, 0.3) is 5.91 Å². The van der Waals surface area contributed by atoms with Gasteiger partial charge < -0.3 is 21.1 Å². The highest BCUT2D eigenvalue weighted by molar-refractivity contribution is 6.39. The summed E-state index contributed by atoms with van der Waals surface area (Å²) in [5.41, 5.74) is 1.32. The average Bonchev–Trinajstić information content (AvgIpc) is 2.91. The van der Waals surface area contributed by atoms with Gasteiger partial charge in [-0.15, -0.1) is 0 Å².